The molecule has 3 N–H and O–H groups in total. The Morgan fingerprint density at radius 3 is 2.83 bits per heavy atom. The molecule has 1 rings (SSSR count). The zero-order chi connectivity index (χ0) is 8.81. The maximum absolute atomic E-state index is 5.73. The number of hydrogen-bond acceptors (Lipinski definition) is 2. The van der Waals surface area contributed by atoms with E-state index in [2.05, 4.69) is 5.32 Å². The van der Waals surface area contributed by atoms with Crippen molar-refractivity contribution in [2.45, 2.75) is 0 Å². The first kappa shape index (κ1) is 8.81. The van der Waals surface area contributed by atoms with Crippen LogP contribution in [0.1, 0.15) is 5.56 Å². The lowest BCUT2D eigenvalue weighted by Crippen LogP contribution is -2.03. The average molecular weight is 162 g/mol. The Labute approximate surface area is 73.1 Å². The molecular formula is C10H14N2. The van der Waals surface area contributed by atoms with Crippen LogP contribution in [0.5, 0.6) is 0 Å². The van der Waals surface area contributed by atoms with Gasteiger partial charge >= 0.3 is 0 Å². The first-order valence-electron chi connectivity index (χ1n) is 4.00. The SMILES string of the molecule is CNCC=Cc1ccccc1N. The van der Waals surface area contributed by atoms with Crippen molar-refractivity contribution in [2.24, 2.45) is 0 Å². The summed E-state index contributed by atoms with van der Waals surface area (Å²) >= 11 is 0. The van der Waals surface area contributed by atoms with E-state index in [4.69, 9.17) is 5.73 Å². The monoisotopic (exact) mass is 162 g/mol. The van der Waals surface area contributed by atoms with Crippen LogP contribution in [0, 0.1) is 0 Å². The van der Waals surface area contributed by atoms with Crippen molar-refractivity contribution in [3.8, 4) is 0 Å². The highest BCUT2D eigenvalue weighted by Crippen LogP contribution is 2.11. The van der Waals surface area contributed by atoms with Crippen molar-refractivity contribution in [1.82, 2.24) is 5.32 Å². The third-order valence-corrected chi connectivity index (χ3v) is 1.62. The predicted octanol–water partition coefficient (Wildman–Crippen LogP) is 1.50. The summed E-state index contributed by atoms with van der Waals surface area (Å²) in [4.78, 5) is 0. The maximum Gasteiger partial charge on any atom is 0.0387 e. The van der Waals surface area contributed by atoms with Crippen LogP contribution in [0.25, 0.3) is 6.08 Å². The molecule has 0 unspecified atom stereocenters. The van der Waals surface area contributed by atoms with Crippen LogP contribution in [0.2, 0.25) is 0 Å². The smallest absolute Gasteiger partial charge is 0.0387 e. The van der Waals surface area contributed by atoms with Crippen LogP contribution in [-0.4, -0.2) is 13.6 Å². The standard InChI is InChI=1S/C10H14N2/c1-12-8-4-6-9-5-2-3-7-10(9)11/h2-7,12H,8,11H2,1H3. The number of benzene rings is 1. The second-order valence-electron chi connectivity index (χ2n) is 2.59. The van der Waals surface area contributed by atoms with Gasteiger partial charge in [-0.05, 0) is 18.7 Å². The molecule has 0 saturated carbocycles. The van der Waals surface area contributed by atoms with Gasteiger partial charge in [-0.25, -0.2) is 0 Å². The Kier molecular flexibility index (Phi) is 3.35. The van der Waals surface area contributed by atoms with Crippen LogP contribution in [0.4, 0.5) is 5.69 Å². The molecule has 1 aromatic rings. The topological polar surface area (TPSA) is 38.0 Å². The second-order valence-corrected chi connectivity index (χ2v) is 2.59. The van der Waals surface area contributed by atoms with E-state index in [0.29, 0.717) is 0 Å². The number of anilines is 1. The zero-order valence-electron chi connectivity index (χ0n) is 7.25. The van der Waals surface area contributed by atoms with E-state index < -0.39 is 0 Å². The number of rotatable bonds is 3. The van der Waals surface area contributed by atoms with Crippen molar-refractivity contribution < 1.29 is 0 Å². The zero-order valence-corrected chi connectivity index (χ0v) is 7.25. The van der Waals surface area contributed by atoms with Gasteiger partial charge in [0.15, 0.2) is 0 Å². The summed E-state index contributed by atoms with van der Waals surface area (Å²) in [6, 6.07) is 7.82. The molecule has 0 aliphatic carbocycles. The van der Waals surface area contributed by atoms with Gasteiger partial charge in [-0.1, -0.05) is 30.4 Å². The van der Waals surface area contributed by atoms with Crippen LogP contribution in [0.3, 0.4) is 0 Å². The van der Waals surface area contributed by atoms with Gasteiger partial charge in [0.1, 0.15) is 0 Å². The molecule has 0 amide bonds. The van der Waals surface area contributed by atoms with Gasteiger partial charge in [-0.15, -0.1) is 0 Å². The summed E-state index contributed by atoms with van der Waals surface area (Å²) in [5.74, 6) is 0. The fourth-order valence-corrected chi connectivity index (χ4v) is 0.966. The Morgan fingerprint density at radius 1 is 1.42 bits per heavy atom. The van der Waals surface area contributed by atoms with E-state index in [-0.39, 0.29) is 0 Å². The molecule has 0 spiro atoms. The molecule has 12 heavy (non-hydrogen) atoms. The fraction of sp³-hybridized carbons (Fsp3) is 0.200. The van der Waals surface area contributed by atoms with Gasteiger partial charge in [-0.2, -0.15) is 0 Å². The van der Waals surface area contributed by atoms with Crippen LogP contribution < -0.4 is 11.1 Å². The lowest BCUT2D eigenvalue weighted by Gasteiger charge is -1.97. The molecule has 0 radical (unpaired) electrons. The van der Waals surface area contributed by atoms with Crippen molar-refractivity contribution in [1.29, 1.82) is 0 Å². The summed E-state index contributed by atoms with van der Waals surface area (Å²) in [6.07, 6.45) is 4.07. The van der Waals surface area contributed by atoms with Gasteiger partial charge in [-0.3, -0.25) is 0 Å². The largest absolute Gasteiger partial charge is 0.398 e. The molecule has 0 bridgehead atoms. The van der Waals surface area contributed by atoms with Crippen LogP contribution in [-0.2, 0) is 0 Å². The summed E-state index contributed by atoms with van der Waals surface area (Å²) in [7, 11) is 1.92. The van der Waals surface area contributed by atoms with Crippen molar-refractivity contribution in [2.75, 3.05) is 19.3 Å². The Hall–Kier alpha value is -1.28. The molecule has 0 aliphatic rings. The second kappa shape index (κ2) is 4.57. The molecule has 0 aromatic heterocycles. The van der Waals surface area contributed by atoms with E-state index >= 15 is 0 Å². The van der Waals surface area contributed by atoms with E-state index in [9.17, 15) is 0 Å². The summed E-state index contributed by atoms with van der Waals surface area (Å²) in [6.45, 7) is 0.869. The average Bonchev–Trinajstić information content (AvgIpc) is 2.09. The van der Waals surface area contributed by atoms with Gasteiger partial charge in [0, 0.05) is 12.2 Å². The van der Waals surface area contributed by atoms with Gasteiger partial charge in [0.25, 0.3) is 0 Å². The predicted molar refractivity (Wildman–Crippen MR) is 53.8 cm³/mol. The molecule has 0 fully saturated rings. The van der Waals surface area contributed by atoms with Crippen molar-refractivity contribution in [3.05, 3.63) is 35.9 Å². The minimum Gasteiger partial charge on any atom is -0.398 e. The van der Waals surface area contributed by atoms with Crippen LogP contribution >= 0.6 is 0 Å². The quantitative estimate of drug-likeness (QED) is 0.661. The minimum absolute atomic E-state index is 0.824. The highest BCUT2D eigenvalue weighted by atomic mass is 14.8. The molecule has 2 heteroatoms. The van der Waals surface area contributed by atoms with E-state index in [1.54, 1.807) is 0 Å². The molecule has 0 aliphatic heterocycles. The number of likely N-dealkylation sites (N-methyl/N-ethyl adjacent to an activating group) is 1. The lowest BCUT2D eigenvalue weighted by molar-refractivity contribution is 0.922. The maximum atomic E-state index is 5.73. The number of hydrogen-bond donors (Lipinski definition) is 2. The molecular weight excluding hydrogens is 148 g/mol. The molecule has 64 valence electrons. The molecule has 0 saturated heterocycles. The Morgan fingerprint density at radius 2 is 2.17 bits per heavy atom. The first-order valence-corrected chi connectivity index (χ1v) is 4.00. The number of nitrogens with one attached hydrogen (secondary N) is 1. The molecule has 2 nitrogen and oxygen atoms in total. The van der Waals surface area contributed by atoms with E-state index in [0.717, 1.165) is 17.8 Å². The van der Waals surface area contributed by atoms with Gasteiger partial charge in [0.05, 0.1) is 0 Å². The number of nitrogen functional groups attached to an aromatic ring is 1. The normalized spacial score (nSPS) is 10.8. The highest BCUT2D eigenvalue weighted by molar-refractivity contribution is 5.64. The van der Waals surface area contributed by atoms with Crippen LogP contribution in [0.15, 0.2) is 30.3 Å². The van der Waals surface area contributed by atoms with Gasteiger partial charge in [0.2, 0.25) is 0 Å². The fourth-order valence-electron chi connectivity index (χ4n) is 0.966. The minimum atomic E-state index is 0.824. The third-order valence-electron chi connectivity index (χ3n) is 1.62. The summed E-state index contributed by atoms with van der Waals surface area (Å²) < 4.78 is 0. The van der Waals surface area contributed by atoms with E-state index in [1.807, 2.05) is 43.5 Å². The highest BCUT2D eigenvalue weighted by Gasteiger charge is 1.89. The van der Waals surface area contributed by atoms with Crippen molar-refractivity contribution >= 4 is 11.8 Å². The third kappa shape index (κ3) is 2.40. The summed E-state index contributed by atoms with van der Waals surface area (Å²) in [5.41, 5.74) is 7.63. The summed E-state index contributed by atoms with van der Waals surface area (Å²) in [5, 5.41) is 3.03. The van der Waals surface area contributed by atoms with Gasteiger partial charge < -0.3 is 11.1 Å². The molecule has 0 atom stereocenters. The van der Waals surface area contributed by atoms with Crippen molar-refractivity contribution in [3.63, 3.8) is 0 Å². The lowest BCUT2D eigenvalue weighted by atomic mass is 10.2. The number of nitrogens with two attached hydrogens (primary N) is 1. The Bertz CT molecular complexity index is 266. The van der Waals surface area contributed by atoms with E-state index in [1.165, 1.54) is 0 Å². The number of para-hydroxylation sites is 1. The molecule has 0 heterocycles. The Balaban J connectivity index is 2.68. The molecule has 1 aromatic carbocycles. The first-order chi connectivity index (χ1) is 5.84.